The highest BCUT2D eigenvalue weighted by molar-refractivity contribution is 7.89. The number of rotatable bonds is 7. The van der Waals surface area contributed by atoms with Gasteiger partial charge in [0, 0.05) is 35.7 Å². The van der Waals surface area contributed by atoms with Gasteiger partial charge in [-0.15, -0.1) is 0 Å². The van der Waals surface area contributed by atoms with E-state index in [9.17, 15) is 18.0 Å². The van der Waals surface area contributed by atoms with E-state index in [4.69, 9.17) is 4.74 Å². The Morgan fingerprint density at radius 2 is 1.58 bits per heavy atom. The monoisotopic (exact) mass is 466 g/mol. The number of sulfonamides is 1. The number of esters is 1. The molecule has 3 aromatic rings. The zero-order chi connectivity index (χ0) is 23.6. The highest BCUT2D eigenvalue weighted by atomic mass is 32.2. The highest BCUT2D eigenvalue weighted by Gasteiger charge is 2.27. The van der Waals surface area contributed by atoms with Crippen LogP contribution in [0, 0.1) is 13.8 Å². The number of ketones is 1. The van der Waals surface area contributed by atoms with Crippen molar-refractivity contribution in [2.45, 2.75) is 31.6 Å². The van der Waals surface area contributed by atoms with E-state index in [1.807, 2.05) is 48.7 Å². The van der Waals surface area contributed by atoms with E-state index in [0.717, 1.165) is 29.9 Å². The van der Waals surface area contributed by atoms with Gasteiger partial charge in [0.05, 0.1) is 10.5 Å². The molecule has 1 aliphatic heterocycles. The quantitative estimate of drug-likeness (QED) is 0.389. The SMILES string of the molecule is Cc1cc(C(=O)COC(=O)c2ccc(S(=O)(=O)N3CCCC3)cc2)c(C)n1-c1ccccc1. The number of hydrogen-bond donors (Lipinski definition) is 0. The molecule has 0 unspecified atom stereocenters. The molecule has 4 rings (SSSR count). The van der Waals surface area contributed by atoms with Crippen molar-refractivity contribution in [3.8, 4) is 5.69 Å². The number of aryl methyl sites for hydroxylation is 1. The maximum atomic E-state index is 12.8. The third kappa shape index (κ3) is 4.62. The zero-order valence-electron chi connectivity index (χ0n) is 18.7. The van der Waals surface area contributed by atoms with Gasteiger partial charge in [0.25, 0.3) is 0 Å². The van der Waals surface area contributed by atoms with Crippen molar-refractivity contribution in [1.29, 1.82) is 0 Å². The van der Waals surface area contributed by atoms with Gasteiger partial charge in [-0.3, -0.25) is 4.79 Å². The van der Waals surface area contributed by atoms with Gasteiger partial charge >= 0.3 is 5.97 Å². The van der Waals surface area contributed by atoms with Crippen molar-refractivity contribution >= 4 is 21.8 Å². The molecule has 2 aromatic carbocycles. The second-order valence-electron chi connectivity index (χ2n) is 8.09. The van der Waals surface area contributed by atoms with Crippen LogP contribution in [-0.4, -0.2) is 48.7 Å². The number of para-hydroxylation sites is 1. The van der Waals surface area contributed by atoms with Crippen LogP contribution in [-0.2, 0) is 14.8 Å². The Hall–Kier alpha value is -3.23. The van der Waals surface area contributed by atoms with Crippen molar-refractivity contribution in [1.82, 2.24) is 8.87 Å². The number of hydrogen-bond acceptors (Lipinski definition) is 5. The number of carbonyl (C=O) groups is 2. The first-order chi connectivity index (χ1) is 15.8. The van der Waals surface area contributed by atoms with Crippen molar-refractivity contribution in [2.75, 3.05) is 19.7 Å². The van der Waals surface area contributed by atoms with E-state index in [2.05, 4.69) is 0 Å². The summed E-state index contributed by atoms with van der Waals surface area (Å²) in [5, 5.41) is 0. The van der Waals surface area contributed by atoms with Gasteiger partial charge < -0.3 is 9.30 Å². The van der Waals surface area contributed by atoms with Gasteiger partial charge in [-0.25, -0.2) is 13.2 Å². The van der Waals surface area contributed by atoms with Gasteiger partial charge in [-0.2, -0.15) is 4.31 Å². The third-order valence-corrected chi connectivity index (χ3v) is 7.79. The van der Waals surface area contributed by atoms with Crippen molar-refractivity contribution < 1.29 is 22.7 Å². The second-order valence-corrected chi connectivity index (χ2v) is 10.0. The Morgan fingerprint density at radius 1 is 0.939 bits per heavy atom. The molecule has 0 atom stereocenters. The predicted octanol–water partition coefficient (Wildman–Crippen LogP) is 3.92. The summed E-state index contributed by atoms with van der Waals surface area (Å²) in [5.41, 5.74) is 3.32. The molecule has 0 radical (unpaired) electrons. The third-order valence-electron chi connectivity index (χ3n) is 5.87. The van der Waals surface area contributed by atoms with E-state index in [1.54, 1.807) is 6.07 Å². The van der Waals surface area contributed by atoms with Crippen molar-refractivity contribution in [3.05, 3.63) is 83.2 Å². The topological polar surface area (TPSA) is 85.7 Å². The summed E-state index contributed by atoms with van der Waals surface area (Å²) < 4.78 is 33.9. The van der Waals surface area contributed by atoms with Crippen LogP contribution in [0.25, 0.3) is 5.69 Å². The van der Waals surface area contributed by atoms with Gasteiger partial charge in [-0.1, -0.05) is 18.2 Å². The fraction of sp³-hybridized carbons (Fsp3) is 0.280. The number of ether oxygens (including phenoxy) is 1. The van der Waals surface area contributed by atoms with Crippen LogP contribution in [0.4, 0.5) is 0 Å². The molecule has 1 aliphatic rings. The molecular weight excluding hydrogens is 440 g/mol. The van der Waals surface area contributed by atoms with E-state index in [0.29, 0.717) is 18.7 Å². The maximum absolute atomic E-state index is 12.8. The minimum Gasteiger partial charge on any atom is -0.454 e. The van der Waals surface area contributed by atoms with Crippen molar-refractivity contribution in [2.24, 2.45) is 0 Å². The molecule has 0 spiro atoms. The first-order valence-electron chi connectivity index (χ1n) is 10.8. The Kier molecular flexibility index (Phi) is 6.49. The molecule has 33 heavy (non-hydrogen) atoms. The average molecular weight is 467 g/mol. The van der Waals surface area contributed by atoms with Crippen LogP contribution in [0.3, 0.4) is 0 Å². The molecule has 0 bridgehead atoms. The molecule has 1 fully saturated rings. The Bertz CT molecular complexity index is 1270. The molecule has 1 aromatic heterocycles. The molecule has 0 N–H and O–H groups in total. The second kappa shape index (κ2) is 9.33. The first kappa shape index (κ1) is 22.9. The van der Waals surface area contributed by atoms with E-state index < -0.39 is 22.6 Å². The van der Waals surface area contributed by atoms with Crippen LogP contribution in [0.5, 0.6) is 0 Å². The Morgan fingerprint density at radius 3 is 2.21 bits per heavy atom. The van der Waals surface area contributed by atoms with Crippen molar-refractivity contribution in [3.63, 3.8) is 0 Å². The lowest BCUT2D eigenvalue weighted by Crippen LogP contribution is -2.27. The molecule has 0 aliphatic carbocycles. The Balaban J connectivity index is 1.43. The zero-order valence-corrected chi connectivity index (χ0v) is 19.5. The summed E-state index contributed by atoms with van der Waals surface area (Å²) in [4.78, 5) is 25.3. The van der Waals surface area contributed by atoms with Crippen LogP contribution < -0.4 is 0 Å². The summed E-state index contributed by atoms with van der Waals surface area (Å²) in [6.45, 7) is 4.40. The lowest BCUT2D eigenvalue weighted by Gasteiger charge is -2.15. The molecular formula is C25H26N2O5S. The minimum atomic E-state index is -3.55. The largest absolute Gasteiger partial charge is 0.454 e. The van der Waals surface area contributed by atoms with Crippen LogP contribution in [0.15, 0.2) is 65.6 Å². The van der Waals surface area contributed by atoms with Gasteiger partial charge in [0.1, 0.15) is 0 Å². The van der Waals surface area contributed by atoms with Crippen LogP contribution >= 0.6 is 0 Å². The lowest BCUT2D eigenvalue weighted by atomic mass is 10.1. The standard InChI is InChI=1S/C25H26N2O5S/c1-18-16-23(19(2)27(18)21-8-4-3-5-9-21)24(28)17-32-25(29)20-10-12-22(13-11-20)33(30,31)26-14-6-7-15-26/h3-5,8-13,16H,6-7,14-15,17H2,1-2H3. The Labute approximate surface area is 193 Å². The van der Waals surface area contributed by atoms with Gasteiger partial charge in [0.2, 0.25) is 15.8 Å². The normalized spacial score (nSPS) is 14.4. The summed E-state index contributed by atoms with van der Waals surface area (Å²) in [6.07, 6.45) is 1.71. The minimum absolute atomic E-state index is 0.144. The number of Topliss-reactive ketones (excluding diaryl/α,β-unsaturated/α-hetero) is 1. The lowest BCUT2D eigenvalue weighted by molar-refractivity contribution is 0.0474. The molecule has 0 amide bonds. The van der Waals surface area contributed by atoms with E-state index >= 15 is 0 Å². The highest BCUT2D eigenvalue weighted by Crippen LogP contribution is 2.23. The number of benzene rings is 2. The predicted molar refractivity (Wildman–Crippen MR) is 124 cm³/mol. The molecule has 8 heteroatoms. The smallest absolute Gasteiger partial charge is 0.338 e. The summed E-state index contributed by atoms with van der Waals surface area (Å²) in [5.74, 6) is -0.975. The summed E-state index contributed by atoms with van der Waals surface area (Å²) in [6, 6.07) is 17.1. The molecule has 2 heterocycles. The molecule has 0 saturated carbocycles. The fourth-order valence-electron chi connectivity index (χ4n) is 4.15. The van der Waals surface area contributed by atoms with Crippen LogP contribution in [0.1, 0.15) is 44.9 Å². The molecule has 172 valence electrons. The summed E-state index contributed by atoms with van der Waals surface area (Å²) in [7, 11) is -3.55. The maximum Gasteiger partial charge on any atom is 0.338 e. The van der Waals surface area contributed by atoms with Gasteiger partial charge in [-0.05, 0) is 69.2 Å². The number of nitrogens with zero attached hydrogens (tertiary/aromatic N) is 2. The molecule has 7 nitrogen and oxygen atoms in total. The number of aromatic nitrogens is 1. The fourth-order valence-corrected chi connectivity index (χ4v) is 5.67. The number of carbonyl (C=O) groups excluding carboxylic acids is 2. The van der Waals surface area contributed by atoms with E-state index in [1.165, 1.54) is 28.6 Å². The summed E-state index contributed by atoms with van der Waals surface area (Å²) >= 11 is 0. The first-order valence-corrected chi connectivity index (χ1v) is 12.3. The average Bonchev–Trinajstić information content (AvgIpc) is 3.47. The van der Waals surface area contributed by atoms with Gasteiger partial charge in [0.15, 0.2) is 6.61 Å². The molecule has 1 saturated heterocycles. The van der Waals surface area contributed by atoms with Crippen LogP contribution in [0.2, 0.25) is 0 Å². The van der Waals surface area contributed by atoms with E-state index in [-0.39, 0.29) is 16.2 Å².